The molecule has 2 aromatic carbocycles. The largest absolute Gasteiger partial charge is 0.395 e. The first kappa shape index (κ1) is 16.6. The Morgan fingerprint density at radius 2 is 1.52 bits per heavy atom. The lowest BCUT2D eigenvalue weighted by atomic mass is 9.77. The third-order valence-electron chi connectivity index (χ3n) is 3.53. The van der Waals surface area contributed by atoms with Crippen molar-refractivity contribution in [3.05, 3.63) is 68.4 Å². The minimum absolute atomic E-state index is 0.223. The van der Waals surface area contributed by atoms with E-state index in [1.54, 1.807) is 6.07 Å². The molecule has 0 unspecified atom stereocenters. The smallest absolute Gasteiger partial charge is 0.124 e. The maximum atomic E-state index is 13.5. The summed E-state index contributed by atoms with van der Waals surface area (Å²) < 4.78 is 15.1. The number of halogens is 3. The van der Waals surface area contributed by atoms with Crippen LogP contribution in [0.5, 0.6) is 0 Å². The van der Waals surface area contributed by atoms with E-state index in [9.17, 15) is 14.6 Å². The lowest BCUT2D eigenvalue weighted by Crippen LogP contribution is -2.37. The van der Waals surface area contributed by atoms with Crippen LogP contribution >= 0.6 is 31.9 Å². The van der Waals surface area contributed by atoms with Gasteiger partial charge in [-0.25, -0.2) is 4.39 Å². The van der Waals surface area contributed by atoms with E-state index in [2.05, 4.69) is 31.9 Å². The molecule has 2 nitrogen and oxygen atoms in total. The first-order valence-corrected chi connectivity index (χ1v) is 8.00. The van der Waals surface area contributed by atoms with Crippen LogP contribution < -0.4 is 0 Å². The van der Waals surface area contributed by atoms with Crippen molar-refractivity contribution in [1.29, 1.82) is 0 Å². The highest BCUT2D eigenvalue weighted by Gasteiger charge is 2.31. The molecule has 2 rings (SSSR count). The Balaban J connectivity index is 2.40. The van der Waals surface area contributed by atoms with Crippen LogP contribution in [0.25, 0.3) is 0 Å². The third-order valence-corrected chi connectivity index (χ3v) is 4.51. The van der Waals surface area contributed by atoms with Crippen molar-refractivity contribution in [3.8, 4) is 0 Å². The van der Waals surface area contributed by atoms with E-state index < -0.39 is 5.41 Å². The van der Waals surface area contributed by atoms with Gasteiger partial charge in [0.25, 0.3) is 0 Å². The Kier molecular flexibility index (Phi) is 5.54. The molecule has 2 aromatic rings. The standard InChI is InChI=1S/C16H15Br2FO2/c17-13-3-1-12(2-4-13)16(9-20,10-21)8-11-5-14(18)7-15(19)6-11/h1-7,20-21H,8-10H2. The fourth-order valence-electron chi connectivity index (χ4n) is 2.35. The maximum Gasteiger partial charge on any atom is 0.124 e. The molecular formula is C16H15Br2FO2. The highest BCUT2D eigenvalue weighted by Crippen LogP contribution is 2.30. The summed E-state index contributed by atoms with van der Waals surface area (Å²) in [5.74, 6) is -0.347. The zero-order chi connectivity index (χ0) is 15.5. The first-order valence-electron chi connectivity index (χ1n) is 6.42. The fraction of sp³-hybridized carbons (Fsp3) is 0.250. The van der Waals surface area contributed by atoms with Crippen molar-refractivity contribution in [2.24, 2.45) is 0 Å². The van der Waals surface area contributed by atoms with E-state index in [1.807, 2.05) is 24.3 Å². The minimum Gasteiger partial charge on any atom is -0.395 e. The van der Waals surface area contributed by atoms with Gasteiger partial charge >= 0.3 is 0 Å². The predicted molar refractivity (Wildman–Crippen MR) is 87.8 cm³/mol. The summed E-state index contributed by atoms with van der Waals surface area (Å²) in [7, 11) is 0. The van der Waals surface area contributed by atoms with E-state index in [-0.39, 0.29) is 19.0 Å². The maximum absolute atomic E-state index is 13.5. The van der Waals surface area contributed by atoms with Gasteiger partial charge < -0.3 is 10.2 Å². The van der Waals surface area contributed by atoms with Crippen LogP contribution in [0.4, 0.5) is 4.39 Å². The monoisotopic (exact) mass is 416 g/mol. The first-order chi connectivity index (χ1) is 9.99. The Hall–Kier alpha value is -0.750. The number of rotatable bonds is 5. The van der Waals surface area contributed by atoms with E-state index >= 15 is 0 Å². The van der Waals surface area contributed by atoms with Gasteiger partial charge in [0, 0.05) is 14.4 Å². The average molecular weight is 418 g/mol. The minimum atomic E-state index is -0.839. The molecule has 0 heterocycles. The van der Waals surface area contributed by atoms with Crippen molar-refractivity contribution >= 4 is 31.9 Å². The molecule has 0 fully saturated rings. The number of hydrogen-bond acceptors (Lipinski definition) is 2. The Morgan fingerprint density at radius 3 is 2.05 bits per heavy atom. The van der Waals surface area contributed by atoms with Gasteiger partial charge in [0.1, 0.15) is 5.82 Å². The summed E-state index contributed by atoms with van der Waals surface area (Å²) in [6.07, 6.45) is 0.345. The highest BCUT2D eigenvalue weighted by molar-refractivity contribution is 9.10. The van der Waals surface area contributed by atoms with Crippen LogP contribution in [0.1, 0.15) is 11.1 Å². The second-order valence-electron chi connectivity index (χ2n) is 5.06. The van der Waals surface area contributed by atoms with Crippen molar-refractivity contribution in [1.82, 2.24) is 0 Å². The zero-order valence-corrected chi connectivity index (χ0v) is 14.4. The van der Waals surface area contributed by atoms with E-state index in [0.717, 1.165) is 10.0 Å². The van der Waals surface area contributed by atoms with E-state index in [1.165, 1.54) is 12.1 Å². The van der Waals surface area contributed by atoms with E-state index in [4.69, 9.17) is 0 Å². The van der Waals surface area contributed by atoms with Gasteiger partial charge in [-0.15, -0.1) is 0 Å². The van der Waals surface area contributed by atoms with Crippen LogP contribution in [0.15, 0.2) is 51.4 Å². The van der Waals surface area contributed by atoms with Gasteiger partial charge in [0.2, 0.25) is 0 Å². The molecule has 0 aliphatic rings. The second-order valence-corrected chi connectivity index (χ2v) is 6.89. The van der Waals surface area contributed by atoms with Crippen LogP contribution in [0, 0.1) is 5.82 Å². The van der Waals surface area contributed by atoms with Crippen molar-refractivity contribution < 1.29 is 14.6 Å². The number of hydrogen-bond donors (Lipinski definition) is 2. The second kappa shape index (κ2) is 7.01. The molecule has 0 bridgehead atoms. The molecule has 0 radical (unpaired) electrons. The number of aliphatic hydroxyl groups excluding tert-OH is 2. The van der Waals surface area contributed by atoms with Gasteiger partial charge in [-0.1, -0.05) is 44.0 Å². The molecule has 0 aliphatic heterocycles. The van der Waals surface area contributed by atoms with Crippen molar-refractivity contribution in [2.75, 3.05) is 13.2 Å². The topological polar surface area (TPSA) is 40.5 Å². The van der Waals surface area contributed by atoms with Crippen LogP contribution in [-0.4, -0.2) is 23.4 Å². The summed E-state index contributed by atoms with van der Waals surface area (Å²) in [6, 6.07) is 12.0. The molecule has 112 valence electrons. The fourth-order valence-corrected chi connectivity index (χ4v) is 3.13. The third kappa shape index (κ3) is 3.92. The van der Waals surface area contributed by atoms with E-state index in [0.29, 0.717) is 16.5 Å². The lowest BCUT2D eigenvalue weighted by molar-refractivity contribution is 0.116. The van der Waals surface area contributed by atoms with Gasteiger partial charge in [0.15, 0.2) is 0 Å². The quantitative estimate of drug-likeness (QED) is 0.776. The molecule has 2 N–H and O–H groups in total. The number of aliphatic hydroxyl groups is 2. The molecule has 5 heteroatoms. The highest BCUT2D eigenvalue weighted by atomic mass is 79.9. The van der Waals surface area contributed by atoms with Crippen molar-refractivity contribution in [3.63, 3.8) is 0 Å². The normalized spacial score (nSPS) is 11.7. The average Bonchev–Trinajstić information content (AvgIpc) is 2.45. The molecule has 0 atom stereocenters. The molecule has 0 amide bonds. The molecule has 21 heavy (non-hydrogen) atoms. The summed E-state index contributed by atoms with van der Waals surface area (Å²) in [5, 5.41) is 19.6. The zero-order valence-electron chi connectivity index (χ0n) is 11.2. The van der Waals surface area contributed by atoms with Gasteiger partial charge in [0.05, 0.1) is 13.2 Å². The van der Waals surface area contributed by atoms with Crippen LogP contribution in [0.3, 0.4) is 0 Å². The molecule has 0 saturated carbocycles. The van der Waals surface area contributed by atoms with Gasteiger partial charge in [-0.3, -0.25) is 0 Å². The van der Waals surface area contributed by atoms with Crippen LogP contribution in [-0.2, 0) is 11.8 Å². The van der Waals surface area contributed by atoms with Gasteiger partial charge in [-0.05, 0) is 47.9 Å². The van der Waals surface area contributed by atoms with Crippen molar-refractivity contribution in [2.45, 2.75) is 11.8 Å². The summed E-state index contributed by atoms with van der Waals surface area (Å²) >= 11 is 6.62. The Bertz CT molecular complexity index is 590. The molecule has 0 spiro atoms. The molecule has 0 aliphatic carbocycles. The van der Waals surface area contributed by atoms with Gasteiger partial charge in [-0.2, -0.15) is 0 Å². The lowest BCUT2D eigenvalue weighted by Gasteiger charge is -2.30. The summed E-state index contributed by atoms with van der Waals surface area (Å²) in [5.41, 5.74) is 0.692. The van der Waals surface area contributed by atoms with Crippen LogP contribution in [0.2, 0.25) is 0 Å². The summed E-state index contributed by atoms with van der Waals surface area (Å²) in [4.78, 5) is 0. The molecular weight excluding hydrogens is 403 g/mol. The molecule has 0 saturated heterocycles. The SMILES string of the molecule is OCC(CO)(Cc1cc(F)cc(Br)c1)c1ccc(Br)cc1. The molecule has 0 aromatic heterocycles. The number of benzene rings is 2. The Labute approximate surface area is 139 Å². The summed E-state index contributed by atoms with van der Waals surface area (Å²) in [6.45, 7) is -0.446. The predicted octanol–water partition coefficient (Wildman–Crippen LogP) is 3.82. The Morgan fingerprint density at radius 1 is 0.905 bits per heavy atom.